The SMILES string of the molecule is O=C(NCc1nc2ccccc2[nH]1)C1CCCN(C(=O)NCc2cccs2)C1. The van der Waals surface area contributed by atoms with Gasteiger partial charge >= 0.3 is 6.03 Å². The molecule has 0 saturated carbocycles. The fourth-order valence-electron chi connectivity index (χ4n) is 3.47. The molecule has 1 aliphatic heterocycles. The molecule has 8 heteroatoms. The Kier molecular flexibility index (Phi) is 5.57. The molecule has 0 aliphatic carbocycles. The molecule has 1 aliphatic rings. The number of hydrogen-bond acceptors (Lipinski definition) is 4. The minimum atomic E-state index is -0.189. The molecule has 1 unspecified atom stereocenters. The van der Waals surface area contributed by atoms with Crippen molar-refractivity contribution in [1.82, 2.24) is 25.5 Å². The first-order valence-corrected chi connectivity index (χ1v) is 10.3. The van der Waals surface area contributed by atoms with E-state index in [0.717, 1.165) is 34.6 Å². The van der Waals surface area contributed by atoms with E-state index in [1.54, 1.807) is 16.2 Å². The number of benzene rings is 1. The smallest absolute Gasteiger partial charge is 0.317 e. The van der Waals surface area contributed by atoms with Crippen molar-refractivity contribution in [1.29, 1.82) is 0 Å². The van der Waals surface area contributed by atoms with Crippen molar-refractivity contribution in [2.75, 3.05) is 13.1 Å². The van der Waals surface area contributed by atoms with Crippen LogP contribution in [0, 0.1) is 5.92 Å². The molecule has 0 bridgehead atoms. The quantitative estimate of drug-likeness (QED) is 0.618. The molecular formula is C20H23N5O2S. The average molecular weight is 398 g/mol. The predicted octanol–water partition coefficient (Wildman–Crippen LogP) is 2.86. The highest BCUT2D eigenvalue weighted by molar-refractivity contribution is 7.09. The number of hydrogen-bond donors (Lipinski definition) is 3. The Morgan fingerprint density at radius 1 is 1.18 bits per heavy atom. The van der Waals surface area contributed by atoms with Gasteiger partial charge in [0.25, 0.3) is 0 Å². The Labute approximate surface area is 167 Å². The van der Waals surface area contributed by atoms with Crippen LogP contribution in [-0.2, 0) is 17.9 Å². The molecule has 0 radical (unpaired) electrons. The summed E-state index contributed by atoms with van der Waals surface area (Å²) in [6.45, 7) is 2.01. The van der Waals surface area contributed by atoms with Gasteiger partial charge in [-0.3, -0.25) is 4.79 Å². The normalized spacial score (nSPS) is 16.9. The Balaban J connectivity index is 1.28. The Hall–Kier alpha value is -2.87. The highest BCUT2D eigenvalue weighted by Gasteiger charge is 2.28. The number of nitrogens with one attached hydrogen (secondary N) is 3. The number of piperidine rings is 1. The highest BCUT2D eigenvalue weighted by atomic mass is 32.1. The first-order chi connectivity index (χ1) is 13.7. The van der Waals surface area contributed by atoms with Crippen molar-refractivity contribution in [2.45, 2.75) is 25.9 Å². The third kappa shape index (κ3) is 4.33. The number of thiophene rings is 1. The van der Waals surface area contributed by atoms with E-state index < -0.39 is 0 Å². The van der Waals surface area contributed by atoms with Crippen LogP contribution in [0.25, 0.3) is 11.0 Å². The predicted molar refractivity (Wildman–Crippen MR) is 109 cm³/mol. The van der Waals surface area contributed by atoms with Crippen molar-refractivity contribution in [3.8, 4) is 0 Å². The van der Waals surface area contributed by atoms with E-state index in [1.807, 2.05) is 41.8 Å². The van der Waals surface area contributed by atoms with E-state index in [0.29, 0.717) is 26.2 Å². The maximum atomic E-state index is 12.6. The molecule has 146 valence electrons. The van der Waals surface area contributed by atoms with Crippen molar-refractivity contribution in [3.05, 3.63) is 52.5 Å². The van der Waals surface area contributed by atoms with Crippen LogP contribution >= 0.6 is 11.3 Å². The number of aromatic nitrogens is 2. The molecule has 0 spiro atoms. The largest absolute Gasteiger partial charge is 0.349 e. The third-order valence-electron chi connectivity index (χ3n) is 4.94. The summed E-state index contributed by atoms with van der Waals surface area (Å²) in [5.41, 5.74) is 1.84. The minimum absolute atomic E-state index is 0.0313. The topological polar surface area (TPSA) is 90.1 Å². The number of H-pyrrole nitrogens is 1. The number of carbonyl (C=O) groups excluding carboxylic acids is 2. The fraction of sp³-hybridized carbons (Fsp3) is 0.350. The second-order valence-corrected chi connectivity index (χ2v) is 7.97. The van der Waals surface area contributed by atoms with Crippen molar-refractivity contribution in [3.63, 3.8) is 0 Å². The Morgan fingerprint density at radius 3 is 2.89 bits per heavy atom. The Morgan fingerprint density at radius 2 is 2.07 bits per heavy atom. The fourth-order valence-corrected chi connectivity index (χ4v) is 4.11. The van der Waals surface area contributed by atoms with Crippen LogP contribution in [0.2, 0.25) is 0 Å². The number of carbonyl (C=O) groups is 2. The lowest BCUT2D eigenvalue weighted by Crippen LogP contribution is -2.48. The molecule has 1 aromatic carbocycles. The second-order valence-electron chi connectivity index (χ2n) is 6.94. The van der Waals surface area contributed by atoms with E-state index in [4.69, 9.17) is 0 Å². The van der Waals surface area contributed by atoms with Crippen LogP contribution in [-0.4, -0.2) is 39.9 Å². The van der Waals surface area contributed by atoms with Crippen LogP contribution in [0.3, 0.4) is 0 Å². The van der Waals surface area contributed by atoms with E-state index in [-0.39, 0.29) is 17.9 Å². The van der Waals surface area contributed by atoms with Gasteiger partial charge in [0.15, 0.2) is 0 Å². The molecule has 3 N–H and O–H groups in total. The zero-order valence-electron chi connectivity index (χ0n) is 15.5. The number of urea groups is 1. The average Bonchev–Trinajstić information content (AvgIpc) is 3.39. The lowest BCUT2D eigenvalue weighted by Gasteiger charge is -2.32. The number of nitrogens with zero attached hydrogens (tertiary/aromatic N) is 2. The summed E-state index contributed by atoms with van der Waals surface area (Å²) in [7, 11) is 0. The molecule has 3 aromatic rings. The summed E-state index contributed by atoms with van der Waals surface area (Å²) in [5.74, 6) is 0.512. The van der Waals surface area contributed by atoms with Gasteiger partial charge in [0, 0.05) is 18.0 Å². The van der Waals surface area contributed by atoms with Crippen LogP contribution in [0.1, 0.15) is 23.5 Å². The zero-order valence-corrected chi connectivity index (χ0v) is 16.3. The maximum Gasteiger partial charge on any atom is 0.317 e. The summed E-state index contributed by atoms with van der Waals surface area (Å²) in [6, 6.07) is 11.6. The molecule has 3 heterocycles. The molecule has 1 fully saturated rings. The van der Waals surface area contributed by atoms with Gasteiger partial charge < -0.3 is 20.5 Å². The molecular weight excluding hydrogens is 374 g/mol. The number of imidazole rings is 1. The van der Waals surface area contributed by atoms with Gasteiger partial charge in [0.2, 0.25) is 5.91 Å². The molecule has 1 atom stereocenters. The van der Waals surface area contributed by atoms with Gasteiger partial charge in [0.1, 0.15) is 5.82 Å². The zero-order chi connectivity index (χ0) is 19.3. The molecule has 28 heavy (non-hydrogen) atoms. The van der Waals surface area contributed by atoms with Crippen LogP contribution in [0.4, 0.5) is 4.79 Å². The maximum absolute atomic E-state index is 12.6. The molecule has 3 amide bonds. The summed E-state index contributed by atoms with van der Waals surface area (Å²) in [6.07, 6.45) is 1.62. The summed E-state index contributed by atoms with van der Waals surface area (Å²) in [5, 5.41) is 7.88. The lowest BCUT2D eigenvalue weighted by atomic mass is 9.97. The van der Waals surface area contributed by atoms with Gasteiger partial charge in [-0.05, 0) is 36.4 Å². The number of aromatic amines is 1. The van der Waals surface area contributed by atoms with Gasteiger partial charge in [-0.15, -0.1) is 11.3 Å². The first kappa shape index (κ1) is 18.5. The second kappa shape index (κ2) is 8.43. The molecule has 7 nitrogen and oxygen atoms in total. The summed E-state index contributed by atoms with van der Waals surface area (Å²) < 4.78 is 0. The van der Waals surface area contributed by atoms with E-state index in [9.17, 15) is 9.59 Å². The van der Waals surface area contributed by atoms with Gasteiger partial charge in [-0.2, -0.15) is 0 Å². The van der Waals surface area contributed by atoms with Gasteiger partial charge in [0.05, 0.1) is 30.0 Å². The number of fused-ring (bicyclic) bond motifs is 1. The van der Waals surface area contributed by atoms with E-state index in [1.165, 1.54) is 0 Å². The van der Waals surface area contributed by atoms with Gasteiger partial charge in [-0.1, -0.05) is 18.2 Å². The monoisotopic (exact) mass is 397 g/mol. The van der Waals surface area contributed by atoms with Crippen molar-refractivity contribution < 1.29 is 9.59 Å². The van der Waals surface area contributed by atoms with E-state index >= 15 is 0 Å². The van der Waals surface area contributed by atoms with Gasteiger partial charge in [-0.25, -0.2) is 9.78 Å². The third-order valence-corrected chi connectivity index (χ3v) is 5.82. The first-order valence-electron chi connectivity index (χ1n) is 9.45. The number of para-hydroxylation sites is 2. The molecule has 2 aromatic heterocycles. The van der Waals surface area contributed by atoms with E-state index in [2.05, 4.69) is 20.6 Å². The summed E-state index contributed by atoms with van der Waals surface area (Å²) >= 11 is 1.62. The standard InChI is InChI=1S/C20H23N5O2S/c26-19(21-12-18-23-16-7-1-2-8-17(16)24-18)14-5-3-9-25(13-14)20(27)22-11-15-6-4-10-28-15/h1-2,4,6-8,10,14H,3,5,9,11-13H2,(H,21,26)(H,22,27)(H,23,24). The number of amides is 3. The minimum Gasteiger partial charge on any atom is -0.349 e. The van der Waals surface area contributed by atoms with Crippen LogP contribution in [0.15, 0.2) is 41.8 Å². The molecule has 4 rings (SSSR count). The van der Waals surface area contributed by atoms with Crippen LogP contribution < -0.4 is 10.6 Å². The van der Waals surface area contributed by atoms with Crippen molar-refractivity contribution in [2.24, 2.45) is 5.92 Å². The lowest BCUT2D eigenvalue weighted by molar-refractivity contribution is -0.126. The van der Waals surface area contributed by atoms with Crippen LogP contribution in [0.5, 0.6) is 0 Å². The highest BCUT2D eigenvalue weighted by Crippen LogP contribution is 2.17. The molecule has 1 saturated heterocycles. The summed E-state index contributed by atoms with van der Waals surface area (Å²) in [4.78, 5) is 35.5. The Bertz CT molecular complexity index is 920. The number of rotatable bonds is 5. The number of likely N-dealkylation sites (tertiary alicyclic amines) is 1. The van der Waals surface area contributed by atoms with Crippen molar-refractivity contribution >= 4 is 34.3 Å².